The van der Waals surface area contributed by atoms with Crippen LogP contribution in [-0.4, -0.2) is 11.9 Å². The Kier molecular flexibility index (Phi) is 5.59. The minimum atomic E-state index is -1.23. The molecular weight excluding hydrogens is 172 g/mol. The Morgan fingerprint density at radius 1 is 1.23 bits per heavy atom. The zero-order chi connectivity index (χ0) is 10.3. The van der Waals surface area contributed by atoms with E-state index < -0.39 is 17.9 Å². The molecule has 0 bridgehead atoms. The normalized spacial score (nSPS) is 9.92. The molecule has 0 saturated heterocycles. The van der Waals surface area contributed by atoms with E-state index >= 15 is 0 Å². The molecule has 4 nitrogen and oxygen atoms in total. The third-order valence-electron chi connectivity index (χ3n) is 1.69. The highest BCUT2D eigenvalue weighted by molar-refractivity contribution is 5.68. The fourth-order valence-electron chi connectivity index (χ4n) is 1.10. The van der Waals surface area contributed by atoms with Crippen molar-refractivity contribution in [3.8, 4) is 0 Å². The molecule has 0 saturated carbocycles. The first kappa shape index (κ1) is 11.7. The molecule has 0 N–H and O–H groups in total. The second-order valence-electron chi connectivity index (χ2n) is 2.88. The Morgan fingerprint density at radius 2 is 1.69 bits per heavy atom. The number of aliphatic carboxylic acids is 2. The Morgan fingerprint density at radius 3 is 2.00 bits per heavy atom. The summed E-state index contributed by atoms with van der Waals surface area (Å²) in [6.07, 6.45) is 2.25. The first-order chi connectivity index (χ1) is 6.06. The third kappa shape index (κ3) is 7.05. The lowest BCUT2D eigenvalue weighted by molar-refractivity contribution is -0.309. The van der Waals surface area contributed by atoms with Gasteiger partial charge in [-0.15, -0.1) is 6.58 Å². The Labute approximate surface area is 76.9 Å². The highest BCUT2D eigenvalue weighted by atomic mass is 16.4. The minimum Gasteiger partial charge on any atom is -0.550 e. The summed E-state index contributed by atoms with van der Waals surface area (Å²) in [7, 11) is 0. The summed E-state index contributed by atoms with van der Waals surface area (Å²) in [6.45, 7) is 3.46. The van der Waals surface area contributed by atoms with Crippen LogP contribution in [0, 0.1) is 5.92 Å². The molecule has 74 valence electrons. The molecular formula is C9H12O4-2. The first-order valence-electron chi connectivity index (χ1n) is 4.06. The smallest absolute Gasteiger partial charge is 0.0417 e. The number of allylic oxidation sites excluding steroid dienone is 1. The van der Waals surface area contributed by atoms with E-state index in [-0.39, 0.29) is 12.8 Å². The molecule has 0 spiro atoms. The van der Waals surface area contributed by atoms with E-state index in [0.29, 0.717) is 12.8 Å². The summed E-state index contributed by atoms with van der Waals surface area (Å²) in [4.78, 5) is 20.4. The van der Waals surface area contributed by atoms with Gasteiger partial charge in [0.15, 0.2) is 0 Å². The summed E-state index contributed by atoms with van der Waals surface area (Å²) < 4.78 is 0. The van der Waals surface area contributed by atoms with E-state index in [1.165, 1.54) is 0 Å². The number of carboxylic acids is 2. The van der Waals surface area contributed by atoms with Crippen LogP contribution in [0.5, 0.6) is 0 Å². The van der Waals surface area contributed by atoms with Gasteiger partial charge in [-0.1, -0.05) is 6.08 Å². The maximum atomic E-state index is 10.2. The molecule has 0 heterocycles. The Balaban J connectivity index is 3.93. The second-order valence-corrected chi connectivity index (χ2v) is 2.88. The summed E-state index contributed by atoms with van der Waals surface area (Å²) in [5.74, 6) is -2.86. The standard InChI is InChI=1S/C9H14O4/c1-2-3-4-7(5-8(10)11)6-9(12)13/h2,7H,1,3-6H2,(H,10,11)(H,12,13)/p-2. The SMILES string of the molecule is C=CCCC(CC(=O)[O-])CC(=O)[O-]. The molecule has 4 heteroatoms. The Hall–Kier alpha value is -1.32. The molecule has 0 atom stereocenters. The van der Waals surface area contributed by atoms with Crippen LogP contribution in [0.15, 0.2) is 12.7 Å². The van der Waals surface area contributed by atoms with Crippen molar-refractivity contribution in [3.05, 3.63) is 12.7 Å². The highest BCUT2D eigenvalue weighted by Gasteiger charge is 2.08. The number of carbonyl (C=O) groups excluding carboxylic acids is 2. The van der Waals surface area contributed by atoms with Crippen molar-refractivity contribution < 1.29 is 19.8 Å². The van der Waals surface area contributed by atoms with Gasteiger partial charge in [0.2, 0.25) is 0 Å². The van der Waals surface area contributed by atoms with Crippen molar-refractivity contribution >= 4 is 11.9 Å². The van der Waals surface area contributed by atoms with Crippen molar-refractivity contribution in [2.75, 3.05) is 0 Å². The maximum Gasteiger partial charge on any atom is 0.0417 e. The zero-order valence-corrected chi connectivity index (χ0v) is 7.32. The van der Waals surface area contributed by atoms with Crippen LogP contribution in [-0.2, 0) is 9.59 Å². The predicted molar refractivity (Wildman–Crippen MR) is 42.2 cm³/mol. The number of carboxylic acid groups (broad SMARTS) is 2. The van der Waals surface area contributed by atoms with E-state index in [1.54, 1.807) is 6.08 Å². The van der Waals surface area contributed by atoms with E-state index in [9.17, 15) is 19.8 Å². The van der Waals surface area contributed by atoms with Crippen LogP contribution in [0.4, 0.5) is 0 Å². The van der Waals surface area contributed by atoms with Crippen molar-refractivity contribution in [1.82, 2.24) is 0 Å². The molecule has 0 aliphatic rings. The quantitative estimate of drug-likeness (QED) is 0.468. The number of hydrogen-bond donors (Lipinski definition) is 0. The average molecular weight is 184 g/mol. The van der Waals surface area contributed by atoms with Crippen molar-refractivity contribution in [2.24, 2.45) is 5.92 Å². The summed E-state index contributed by atoms with van der Waals surface area (Å²) >= 11 is 0. The molecule has 0 aliphatic heterocycles. The molecule has 0 aromatic carbocycles. The van der Waals surface area contributed by atoms with Gasteiger partial charge in [0.05, 0.1) is 0 Å². The fourth-order valence-corrected chi connectivity index (χ4v) is 1.10. The van der Waals surface area contributed by atoms with Gasteiger partial charge in [0.1, 0.15) is 0 Å². The lowest BCUT2D eigenvalue weighted by Crippen LogP contribution is -2.30. The molecule has 0 radical (unpaired) electrons. The second kappa shape index (κ2) is 6.22. The van der Waals surface area contributed by atoms with Gasteiger partial charge in [0.25, 0.3) is 0 Å². The topological polar surface area (TPSA) is 80.3 Å². The number of carbonyl (C=O) groups is 2. The van der Waals surface area contributed by atoms with E-state index in [2.05, 4.69) is 6.58 Å². The fraction of sp³-hybridized carbons (Fsp3) is 0.556. The molecule has 0 fully saturated rings. The van der Waals surface area contributed by atoms with Gasteiger partial charge >= 0.3 is 0 Å². The van der Waals surface area contributed by atoms with Crippen LogP contribution >= 0.6 is 0 Å². The van der Waals surface area contributed by atoms with Gasteiger partial charge in [-0.2, -0.15) is 0 Å². The largest absolute Gasteiger partial charge is 0.550 e. The van der Waals surface area contributed by atoms with E-state index in [1.807, 2.05) is 0 Å². The van der Waals surface area contributed by atoms with Gasteiger partial charge in [-0.3, -0.25) is 0 Å². The van der Waals surface area contributed by atoms with Crippen LogP contribution in [0.1, 0.15) is 25.7 Å². The average Bonchev–Trinajstić information content (AvgIpc) is 1.98. The van der Waals surface area contributed by atoms with Crippen LogP contribution in [0.2, 0.25) is 0 Å². The maximum absolute atomic E-state index is 10.2. The monoisotopic (exact) mass is 184 g/mol. The minimum absolute atomic E-state index is 0.234. The van der Waals surface area contributed by atoms with Crippen LogP contribution in [0.3, 0.4) is 0 Å². The molecule has 0 unspecified atom stereocenters. The molecule has 0 amide bonds. The van der Waals surface area contributed by atoms with Crippen molar-refractivity contribution in [3.63, 3.8) is 0 Å². The summed E-state index contributed by atoms with van der Waals surface area (Å²) in [5, 5.41) is 20.4. The van der Waals surface area contributed by atoms with Crippen LogP contribution in [0.25, 0.3) is 0 Å². The molecule has 0 aliphatic carbocycles. The molecule has 0 rings (SSSR count). The third-order valence-corrected chi connectivity index (χ3v) is 1.69. The zero-order valence-electron chi connectivity index (χ0n) is 7.32. The number of hydrogen-bond acceptors (Lipinski definition) is 4. The summed E-state index contributed by atoms with van der Waals surface area (Å²) in [6, 6.07) is 0. The predicted octanol–water partition coefficient (Wildman–Crippen LogP) is -1.15. The number of rotatable bonds is 7. The molecule has 13 heavy (non-hydrogen) atoms. The lowest BCUT2D eigenvalue weighted by Gasteiger charge is -2.16. The van der Waals surface area contributed by atoms with Gasteiger partial charge in [0, 0.05) is 11.9 Å². The summed E-state index contributed by atoms with van der Waals surface area (Å²) in [5.41, 5.74) is 0. The van der Waals surface area contributed by atoms with Crippen molar-refractivity contribution in [2.45, 2.75) is 25.7 Å². The van der Waals surface area contributed by atoms with E-state index in [0.717, 1.165) is 0 Å². The Bertz CT molecular complexity index is 182. The van der Waals surface area contributed by atoms with E-state index in [4.69, 9.17) is 0 Å². The highest BCUT2D eigenvalue weighted by Crippen LogP contribution is 2.14. The lowest BCUT2D eigenvalue weighted by atomic mass is 9.96. The first-order valence-corrected chi connectivity index (χ1v) is 4.06. The molecule has 0 aromatic rings. The van der Waals surface area contributed by atoms with Crippen LogP contribution < -0.4 is 10.2 Å². The van der Waals surface area contributed by atoms with Crippen molar-refractivity contribution in [1.29, 1.82) is 0 Å². The van der Waals surface area contributed by atoms with Gasteiger partial charge in [-0.05, 0) is 31.6 Å². The molecule has 0 aromatic heterocycles. The van der Waals surface area contributed by atoms with Gasteiger partial charge < -0.3 is 19.8 Å². The van der Waals surface area contributed by atoms with Gasteiger partial charge in [-0.25, -0.2) is 0 Å².